The normalized spacial score (nSPS) is 19.7. The van der Waals surface area contributed by atoms with Crippen LogP contribution in [0.2, 0.25) is 0 Å². The molecule has 164 valence electrons. The van der Waals surface area contributed by atoms with E-state index in [9.17, 15) is 23.4 Å². The predicted molar refractivity (Wildman–Crippen MR) is 114 cm³/mol. The number of anilines is 1. The average Bonchev–Trinajstić information content (AvgIpc) is 2.72. The molecule has 2 heterocycles. The van der Waals surface area contributed by atoms with E-state index >= 15 is 0 Å². The standard InChI is InChI=1S/C20H22N4O6S/c21-19-18-15(22-31(28,29)23-19)4-1-5-17(18)30-11-12-3-2-8-24(10-12)20(27)14-9-13(25)6-7-16(14)26/h1,4-7,9,12,22,25-26H,2-3,8,10-11H2,(H2,21,23)/t12-/m0/s1. The molecule has 5 N–H and O–H groups in total. The summed E-state index contributed by atoms with van der Waals surface area (Å²) < 4.78 is 35.2. The SMILES string of the molecule is NC1=NS(=O)(=O)Nc2cccc(OC[C@H]3CCCN(C(=O)c4cc(O)ccc4O)C3)c21. The topological polar surface area (TPSA) is 155 Å². The molecule has 31 heavy (non-hydrogen) atoms. The number of amides is 1. The van der Waals surface area contributed by atoms with Crippen molar-refractivity contribution in [1.82, 2.24) is 4.90 Å². The van der Waals surface area contributed by atoms with E-state index in [0.717, 1.165) is 12.8 Å². The summed E-state index contributed by atoms with van der Waals surface area (Å²) in [5, 5.41) is 19.6. The van der Waals surface area contributed by atoms with Crippen LogP contribution in [0, 0.1) is 5.92 Å². The van der Waals surface area contributed by atoms with E-state index in [0.29, 0.717) is 30.1 Å². The van der Waals surface area contributed by atoms with Crippen molar-refractivity contribution in [3.05, 3.63) is 47.5 Å². The summed E-state index contributed by atoms with van der Waals surface area (Å²) in [5.41, 5.74) is 6.57. The van der Waals surface area contributed by atoms with Crippen molar-refractivity contribution in [2.24, 2.45) is 16.0 Å². The van der Waals surface area contributed by atoms with E-state index < -0.39 is 10.2 Å². The fourth-order valence-electron chi connectivity index (χ4n) is 3.80. The van der Waals surface area contributed by atoms with E-state index in [-0.39, 0.29) is 41.3 Å². The Hall–Kier alpha value is -3.47. The van der Waals surface area contributed by atoms with Crippen LogP contribution in [0.4, 0.5) is 5.69 Å². The first-order chi connectivity index (χ1) is 14.7. The first-order valence-corrected chi connectivity index (χ1v) is 11.1. The number of aromatic hydroxyl groups is 2. The lowest BCUT2D eigenvalue weighted by molar-refractivity contribution is 0.0630. The molecule has 0 spiro atoms. The number of carbonyl (C=O) groups excluding carboxylic acids is 1. The molecule has 0 aromatic heterocycles. The van der Waals surface area contributed by atoms with Gasteiger partial charge in [0.2, 0.25) is 0 Å². The van der Waals surface area contributed by atoms with Crippen LogP contribution in [0.5, 0.6) is 17.2 Å². The zero-order chi connectivity index (χ0) is 22.2. The third-order valence-corrected chi connectivity index (χ3v) is 6.15. The van der Waals surface area contributed by atoms with Gasteiger partial charge < -0.3 is 25.6 Å². The van der Waals surface area contributed by atoms with Crippen LogP contribution in [-0.4, -0.2) is 55.0 Å². The van der Waals surface area contributed by atoms with E-state index in [4.69, 9.17) is 10.5 Å². The highest BCUT2D eigenvalue weighted by Gasteiger charge is 2.28. The zero-order valence-corrected chi connectivity index (χ0v) is 17.3. The maximum Gasteiger partial charge on any atom is 0.344 e. The van der Waals surface area contributed by atoms with Gasteiger partial charge in [0.1, 0.15) is 17.2 Å². The Morgan fingerprint density at radius 3 is 2.90 bits per heavy atom. The molecule has 4 rings (SSSR count). The molecule has 0 radical (unpaired) electrons. The van der Waals surface area contributed by atoms with Crippen LogP contribution in [0.25, 0.3) is 0 Å². The monoisotopic (exact) mass is 446 g/mol. The van der Waals surface area contributed by atoms with Crippen LogP contribution in [0.3, 0.4) is 0 Å². The van der Waals surface area contributed by atoms with Crippen LogP contribution in [0.1, 0.15) is 28.8 Å². The summed E-state index contributed by atoms with van der Waals surface area (Å²) in [4.78, 5) is 14.4. The molecule has 1 fully saturated rings. The lowest BCUT2D eigenvalue weighted by Crippen LogP contribution is -2.41. The minimum absolute atomic E-state index is 0.0199. The van der Waals surface area contributed by atoms with Gasteiger partial charge in [-0.25, -0.2) is 0 Å². The van der Waals surface area contributed by atoms with Crippen molar-refractivity contribution in [3.63, 3.8) is 0 Å². The number of nitrogens with one attached hydrogen (secondary N) is 1. The summed E-state index contributed by atoms with van der Waals surface area (Å²) in [6.07, 6.45) is 1.59. The van der Waals surface area contributed by atoms with E-state index in [1.807, 2.05) is 0 Å². The molecule has 2 aliphatic rings. The number of nitrogens with two attached hydrogens (primary N) is 1. The van der Waals surface area contributed by atoms with Gasteiger partial charge in [-0.2, -0.15) is 8.42 Å². The summed E-state index contributed by atoms with van der Waals surface area (Å²) in [6.45, 7) is 1.23. The molecule has 11 heteroatoms. The predicted octanol–water partition coefficient (Wildman–Crippen LogP) is 1.40. The van der Waals surface area contributed by atoms with Crippen LogP contribution >= 0.6 is 0 Å². The Balaban J connectivity index is 1.46. The van der Waals surface area contributed by atoms with Gasteiger partial charge in [0.15, 0.2) is 5.84 Å². The number of ether oxygens (including phenoxy) is 1. The van der Waals surface area contributed by atoms with Crippen molar-refractivity contribution < 1.29 is 28.2 Å². The van der Waals surface area contributed by atoms with Gasteiger partial charge >= 0.3 is 10.2 Å². The number of phenols is 2. The number of hydrogen-bond donors (Lipinski definition) is 4. The fourth-order valence-corrected chi connectivity index (χ4v) is 4.64. The number of likely N-dealkylation sites (tertiary alicyclic amines) is 1. The van der Waals surface area contributed by atoms with Crippen LogP contribution < -0.4 is 15.2 Å². The molecule has 0 bridgehead atoms. The van der Waals surface area contributed by atoms with Crippen LogP contribution in [-0.2, 0) is 10.2 Å². The highest BCUT2D eigenvalue weighted by atomic mass is 32.2. The number of nitrogens with zero attached hydrogens (tertiary/aromatic N) is 2. The smallest absolute Gasteiger partial charge is 0.344 e. The number of piperidine rings is 1. The lowest BCUT2D eigenvalue weighted by atomic mass is 9.98. The molecule has 1 saturated heterocycles. The molecule has 2 aliphatic heterocycles. The molecule has 0 unspecified atom stereocenters. The number of hydrogen-bond acceptors (Lipinski definition) is 7. The number of rotatable bonds is 4. The first kappa shape index (κ1) is 20.8. The molecule has 2 aromatic rings. The third kappa shape index (κ3) is 4.36. The summed E-state index contributed by atoms with van der Waals surface area (Å²) in [7, 11) is -3.87. The molecule has 0 aliphatic carbocycles. The van der Waals surface area contributed by atoms with Crippen molar-refractivity contribution in [1.29, 1.82) is 0 Å². The summed E-state index contributed by atoms with van der Waals surface area (Å²) in [6, 6.07) is 8.75. The second-order valence-corrected chi connectivity index (χ2v) is 8.84. The fraction of sp³-hybridized carbons (Fsp3) is 0.300. The second kappa shape index (κ2) is 7.99. The van der Waals surface area contributed by atoms with Gasteiger partial charge in [-0.05, 0) is 43.2 Å². The maximum atomic E-state index is 12.8. The highest BCUT2D eigenvalue weighted by Crippen LogP contribution is 2.31. The van der Waals surface area contributed by atoms with E-state index in [2.05, 4.69) is 9.12 Å². The molecule has 2 aromatic carbocycles. The highest BCUT2D eigenvalue weighted by molar-refractivity contribution is 7.91. The average molecular weight is 446 g/mol. The number of amidine groups is 1. The van der Waals surface area contributed by atoms with E-state index in [1.165, 1.54) is 18.2 Å². The molecule has 10 nitrogen and oxygen atoms in total. The Kier molecular flexibility index (Phi) is 5.36. The van der Waals surface area contributed by atoms with Gasteiger partial charge in [0.25, 0.3) is 5.91 Å². The Labute approximate surface area is 179 Å². The van der Waals surface area contributed by atoms with Gasteiger partial charge in [-0.1, -0.05) is 6.07 Å². The molecular weight excluding hydrogens is 424 g/mol. The molecule has 1 atom stereocenters. The number of benzene rings is 2. The quantitative estimate of drug-likeness (QED) is 0.518. The van der Waals surface area contributed by atoms with Crippen molar-refractivity contribution >= 4 is 27.6 Å². The van der Waals surface area contributed by atoms with Crippen LogP contribution in [0.15, 0.2) is 40.8 Å². The van der Waals surface area contributed by atoms with Crippen molar-refractivity contribution in [3.8, 4) is 17.2 Å². The third-order valence-electron chi connectivity index (χ3n) is 5.23. The minimum atomic E-state index is -3.87. The van der Waals surface area contributed by atoms with Crippen molar-refractivity contribution in [2.45, 2.75) is 12.8 Å². The zero-order valence-electron chi connectivity index (χ0n) is 16.5. The Bertz CT molecular complexity index is 1160. The van der Waals surface area contributed by atoms with Gasteiger partial charge in [0.05, 0.1) is 23.4 Å². The number of fused-ring (bicyclic) bond motifs is 1. The first-order valence-electron chi connectivity index (χ1n) is 9.69. The van der Waals surface area contributed by atoms with Gasteiger partial charge in [-0.15, -0.1) is 4.40 Å². The number of phenolic OH excluding ortho intramolecular Hbond substituents is 2. The minimum Gasteiger partial charge on any atom is -0.508 e. The maximum absolute atomic E-state index is 12.8. The Morgan fingerprint density at radius 2 is 2.10 bits per heavy atom. The molecule has 0 saturated carbocycles. The molecule has 1 amide bonds. The van der Waals surface area contributed by atoms with Gasteiger partial charge in [-0.3, -0.25) is 9.52 Å². The van der Waals surface area contributed by atoms with Gasteiger partial charge in [0, 0.05) is 19.0 Å². The van der Waals surface area contributed by atoms with Crippen molar-refractivity contribution in [2.75, 3.05) is 24.4 Å². The summed E-state index contributed by atoms with van der Waals surface area (Å²) in [5.74, 6) is -0.372. The Morgan fingerprint density at radius 1 is 1.29 bits per heavy atom. The second-order valence-electron chi connectivity index (χ2n) is 7.50. The largest absolute Gasteiger partial charge is 0.508 e. The lowest BCUT2D eigenvalue weighted by Gasteiger charge is -2.33. The summed E-state index contributed by atoms with van der Waals surface area (Å²) >= 11 is 0. The number of carbonyl (C=O) groups is 1. The van der Waals surface area contributed by atoms with E-state index in [1.54, 1.807) is 23.1 Å². The molecular formula is C20H22N4O6S.